The molecule has 1 saturated carbocycles. The van der Waals surface area contributed by atoms with Crippen molar-refractivity contribution in [2.75, 3.05) is 0 Å². The van der Waals surface area contributed by atoms with Crippen LogP contribution in [0.3, 0.4) is 0 Å². The molecule has 3 rings (SSSR count). The zero-order chi connectivity index (χ0) is 11.4. The molecular weight excluding hydrogens is 212 g/mol. The molecule has 5 heteroatoms. The molecular formula is C11H10O5. The Balaban J connectivity index is 1.97. The van der Waals surface area contributed by atoms with E-state index in [0.29, 0.717) is 12.2 Å². The quantitative estimate of drug-likeness (QED) is 0.438. The average Bonchev–Trinajstić information content (AvgIpc) is 2.66. The second kappa shape index (κ2) is 2.93. The van der Waals surface area contributed by atoms with E-state index < -0.39 is 29.7 Å². The maximum Gasteiger partial charge on any atom is 0.317 e. The Hall–Kier alpha value is -1.65. The number of fused-ring (bicyclic) bond motifs is 3. The van der Waals surface area contributed by atoms with Gasteiger partial charge in [-0.1, -0.05) is 6.58 Å². The lowest BCUT2D eigenvalue weighted by Crippen LogP contribution is -2.37. The fourth-order valence-corrected chi connectivity index (χ4v) is 3.06. The number of esters is 3. The number of ether oxygens (including phenoxy) is 2. The lowest BCUT2D eigenvalue weighted by atomic mass is 9.85. The summed E-state index contributed by atoms with van der Waals surface area (Å²) >= 11 is 0. The van der Waals surface area contributed by atoms with Gasteiger partial charge in [0.15, 0.2) is 0 Å². The van der Waals surface area contributed by atoms with Gasteiger partial charge in [-0.05, 0) is 12.3 Å². The third-order valence-electron chi connectivity index (χ3n) is 3.72. The highest BCUT2D eigenvalue weighted by Gasteiger charge is 2.59. The molecule has 16 heavy (non-hydrogen) atoms. The van der Waals surface area contributed by atoms with Gasteiger partial charge in [0.2, 0.25) is 0 Å². The molecule has 4 unspecified atom stereocenters. The second-order valence-corrected chi connectivity index (χ2v) is 4.54. The minimum absolute atomic E-state index is 0.0895. The Morgan fingerprint density at radius 2 is 1.75 bits per heavy atom. The first kappa shape index (κ1) is 9.57. The van der Waals surface area contributed by atoms with Gasteiger partial charge in [-0.25, -0.2) is 0 Å². The van der Waals surface area contributed by atoms with Crippen LogP contribution in [-0.2, 0) is 23.9 Å². The number of allylic oxidation sites excluding steroid dienone is 1. The van der Waals surface area contributed by atoms with Crippen LogP contribution >= 0.6 is 0 Å². The Morgan fingerprint density at radius 1 is 1.06 bits per heavy atom. The second-order valence-electron chi connectivity index (χ2n) is 4.54. The van der Waals surface area contributed by atoms with Gasteiger partial charge in [0.05, 0.1) is 11.8 Å². The van der Waals surface area contributed by atoms with E-state index in [1.54, 1.807) is 0 Å². The first-order valence-electron chi connectivity index (χ1n) is 5.23. The van der Waals surface area contributed by atoms with Crippen LogP contribution in [0.25, 0.3) is 0 Å². The first-order valence-corrected chi connectivity index (χ1v) is 5.23. The Morgan fingerprint density at radius 3 is 2.50 bits per heavy atom. The van der Waals surface area contributed by atoms with Crippen LogP contribution < -0.4 is 0 Å². The number of rotatable bonds is 0. The third kappa shape index (κ3) is 1.08. The van der Waals surface area contributed by atoms with E-state index in [9.17, 15) is 14.4 Å². The molecule has 2 aliphatic heterocycles. The molecule has 4 atom stereocenters. The summed E-state index contributed by atoms with van der Waals surface area (Å²) in [6.45, 7) is 3.67. The minimum Gasteiger partial charge on any atom is -0.431 e. The fourth-order valence-electron chi connectivity index (χ4n) is 3.06. The highest BCUT2D eigenvalue weighted by molar-refractivity contribution is 5.94. The summed E-state index contributed by atoms with van der Waals surface area (Å²) in [5.41, 5.74) is 0. The van der Waals surface area contributed by atoms with Crippen molar-refractivity contribution in [3.63, 3.8) is 0 Å². The summed E-state index contributed by atoms with van der Waals surface area (Å²) in [4.78, 5) is 34.3. The maximum absolute atomic E-state index is 11.6. The van der Waals surface area contributed by atoms with Crippen molar-refractivity contribution < 1.29 is 23.9 Å². The van der Waals surface area contributed by atoms with Crippen molar-refractivity contribution in [3.8, 4) is 0 Å². The van der Waals surface area contributed by atoms with E-state index in [2.05, 4.69) is 11.3 Å². The van der Waals surface area contributed by atoms with E-state index in [-0.39, 0.29) is 18.3 Å². The number of hydrogen-bond donors (Lipinski definition) is 0. The van der Waals surface area contributed by atoms with Gasteiger partial charge in [-0.3, -0.25) is 14.4 Å². The third-order valence-corrected chi connectivity index (χ3v) is 3.72. The van der Waals surface area contributed by atoms with E-state index in [0.717, 1.165) is 0 Å². The number of hydrogen-bond acceptors (Lipinski definition) is 5. The van der Waals surface area contributed by atoms with Crippen molar-refractivity contribution in [1.29, 1.82) is 0 Å². The lowest BCUT2D eigenvalue weighted by Gasteiger charge is -2.24. The highest BCUT2D eigenvalue weighted by Crippen LogP contribution is 2.52. The molecule has 3 aliphatic rings. The van der Waals surface area contributed by atoms with Crippen molar-refractivity contribution >= 4 is 17.9 Å². The molecule has 0 aromatic rings. The molecule has 0 amide bonds. The van der Waals surface area contributed by atoms with Crippen LogP contribution in [0.15, 0.2) is 12.3 Å². The molecule has 84 valence electrons. The van der Waals surface area contributed by atoms with Gasteiger partial charge < -0.3 is 9.47 Å². The lowest BCUT2D eigenvalue weighted by molar-refractivity contribution is -0.173. The van der Waals surface area contributed by atoms with Crippen molar-refractivity contribution in [2.24, 2.45) is 23.7 Å². The van der Waals surface area contributed by atoms with Crippen LogP contribution in [0.4, 0.5) is 0 Å². The molecule has 1 aliphatic carbocycles. The van der Waals surface area contributed by atoms with E-state index in [1.165, 1.54) is 0 Å². The van der Waals surface area contributed by atoms with E-state index >= 15 is 0 Å². The summed E-state index contributed by atoms with van der Waals surface area (Å²) in [6.07, 6.45) is 0.824. The first-order chi connectivity index (χ1) is 7.58. The van der Waals surface area contributed by atoms with Gasteiger partial charge in [0.1, 0.15) is 5.76 Å². The monoisotopic (exact) mass is 222 g/mol. The molecule has 0 radical (unpaired) electrons. The van der Waals surface area contributed by atoms with Crippen LogP contribution in [-0.4, -0.2) is 17.9 Å². The zero-order valence-electron chi connectivity index (χ0n) is 8.47. The Labute approximate surface area is 91.4 Å². The van der Waals surface area contributed by atoms with E-state index in [1.807, 2.05) is 0 Å². The molecule has 0 aromatic carbocycles. The molecule has 0 bridgehead atoms. The molecule has 0 N–H and O–H groups in total. The Bertz CT molecular complexity index is 424. The SMILES string of the molecule is C=C1OC(=O)C2C1CC1CC(=O)OC(=O)C12. The summed E-state index contributed by atoms with van der Waals surface area (Å²) in [6, 6.07) is 0. The van der Waals surface area contributed by atoms with Crippen molar-refractivity contribution in [2.45, 2.75) is 12.8 Å². The molecule has 5 nitrogen and oxygen atoms in total. The van der Waals surface area contributed by atoms with Gasteiger partial charge in [-0.15, -0.1) is 0 Å². The number of cyclic esters (lactones) is 3. The standard InChI is InChI=1S/C11H10O5/c1-4-6-2-5-3-7(12)16-10(13)8(5)9(6)11(14)15-4/h5-6,8-9H,1-3H2. The number of carbonyl (C=O) groups is 3. The summed E-state index contributed by atoms with van der Waals surface area (Å²) < 4.78 is 9.50. The Kier molecular flexibility index (Phi) is 1.75. The maximum atomic E-state index is 11.6. The topological polar surface area (TPSA) is 69.7 Å². The largest absolute Gasteiger partial charge is 0.431 e. The molecule has 2 heterocycles. The minimum atomic E-state index is -0.583. The van der Waals surface area contributed by atoms with Crippen molar-refractivity contribution in [1.82, 2.24) is 0 Å². The fraction of sp³-hybridized carbons (Fsp3) is 0.545. The van der Waals surface area contributed by atoms with Crippen LogP contribution in [0.2, 0.25) is 0 Å². The normalized spacial score (nSPS) is 41.5. The summed E-state index contributed by atoms with van der Waals surface area (Å²) in [5, 5.41) is 0. The van der Waals surface area contributed by atoms with Crippen LogP contribution in [0.5, 0.6) is 0 Å². The molecule has 0 spiro atoms. The molecule has 0 aromatic heterocycles. The summed E-state index contributed by atoms with van der Waals surface area (Å²) in [5.74, 6) is -2.29. The molecule has 2 saturated heterocycles. The molecule has 3 fully saturated rings. The van der Waals surface area contributed by atoms with Crippen LogP contribution in [0, 0.1) is 23.7 Å². The van der Waals surface area contributed by atoms with Gasteiger partial charge >= 0.3 is 17.9 Å². The van der Waals surface area contributed by atoms with Crippen LogP contribution in [0.1, 0.15) is 12.8 Å². The average molecular weight is 222 g/mol. The summed E-state index contributed by atoms with van der Waals surface area (Å²) in [7, 11) is 0. The van der Waals surface area contributed by atoms with Gasteiger partial charge in [0.25, 0.3) is 0 Å². The van der Waals surface area contributed by atoms with Gasteiger partial charge in [-0.2, -0.15) is 0 Å². The predicted molar refractivity (Wildman–Crippen MR) is 49.5 cm³/mol. The zero-order valence-corrected chi connectivity index (χ0v) is 8.47. The number of carbonyl (C=O) groups excluding carboxylic acids is 3. The van der Waals surface area contributed by atoms with E-state index in [4.69, 9.17) is 4.74 Å². The van der Waals surface area contributed by atoms with Crippen molar-refractivity contribution in [3.05, 3.63) is 12.3 Å². The van der Waals surface area contributed by atoms with Gasteiger partial charge in [0, 0.05) is 12.3 Å². The smallest absolute Gasteiger partial charge is 0.317 e. The predicted octanol–water partition coefficient (Wildman–Crippen LogP) is 0.399. The highest BCUT2D eigenvalue weighted by atomic mass is 16.6.